The van der Waals surface area contributed by atoms with Crippen molar-refractivity contribution in [3.05, 3.63) is 52.6 Å². The zero-order chi connectivity index (χ0) is 27.3. The van der Waals surface area contributed by atoms with Crippen molar-refractivity contribution in [2.75, 3.05) is 41.6 Å². The third-order valence-corrected chi connectivity index (χ3v) is 6.21. The fraction of sp³-hybridized carbons (Fsp3) is 0.429. The van der Waals surface area contributed by atoms with Crippen molar-refractivity contribution in [3.63, 3.8) is 0 Å². The summed E-state index contributed by atoms with van der Waals surface area (Å²) >= 11 is 0. The van der Waals surface area contributed by atoms with E-state index < -0.39 is 17.7 Å². The first-order valence-corrected chi connectivity index (χ1v) is 12.0. The van der Waals surface area contributed by atoms with Crippen molar-refractivity contribution in [2.24, 2.45) is 0 Å². The lowest BCUT2D eigenvalue weighted by Gasteiger charge is -2.26. The number of aliphatic hydroxyl groups excluding tert-OH is 1. The minimum Gasteiger partial charge on any atom is -0.507 e. The van der Waals surface area contributed by atoms with Gasteiger partial charge in [-0.15, -0.1) is 0 Å². The number of likely N-dealkylation sites (tertiary alicyclic amines) is 1. The molecule has 1 fully saturated rings. The van der Waals surface area contributed by atoms with Gasteiger partial charge in [0.05, 0.1) is 46.2 Å². The number of benzene rings is 2. The molecule has 0 saturated carbocycles. The maximum absolute atomic E-state index is 13.3. The summed E-state index contributed by atoms with van der Waals surface area (Å²) in [5.41, 5.74) is 1.69. The summed E-state index contributed by atoms with van der Waals surface area (Å²) < 4.78 is 27.4. The highest BCUT2D eigenvalue weighted by molar-refractivity contribution is 6.46. The summed E-state index contributed by atoms with van der Waals surface area (Å²) in [5, 5.41) is 11.4. The molecular weight excluding hydrogens is 478 g/mol. The molecule has 2 aromatic carbocycles. The van der Waals surface area contributed by atoms with Crippen LogP contribution in [0.5, 0.6) is 23.0 Å². The first-order chi connectivity index (χ1) is 17.7. The van der Waals surface area contributed by atoms with Crippen LogP contribution >= 0.6 is 0 Å². The molecule has 9 nitrogen and oxygen atoms in total. The second-order valence-electron chi connectivity index (χ2n) is 8.91. The molecule has 0 bridgehead atoms. The molecule has 9 heteroatoms. The van der Waals surface area contributed by atoms with Gasteiger partial charge in [0.15, 0.2) is 11.5 Å². The quantitative estimate of drug-likeness (QED) is 0.206. The first-order valence-electron chi connectivity index (χ1n) is 12.0. The molecule has 1 unspecified atom stereocenters. The Kier molecular flexibility index (Phi) is 9.04. The highest BCUT2D eigenvalue weighted by atomic mass is 16.5. The number of aryl methyl sites for hydroxylation is 1. The molecule has 0 aromatic heterocycles. The highest BCUT2D eigenvalue weighted by Gasteiger charge is 2.46. The van der Waals surface area contributed by atoms with Crippen LogP contribution in [-0.2, 0) is 14.3 Å². The van der Waals surface area contributed by atoms with Crippen LogP contribution < -0.4 is 18.9 Å². The Labute approximate surface area is 217 Å². The molecule has 1 amide bonds. The van der Waals surface area contributed by atoms with E-state index in [0.717, 1.165) is 5.56 Å². The minimum absolute atomic E-state index is 0.0198. The highest BCUT2D eigenvalue weighted by Crippen LogP contribution is 2.45. The molecule has 2 aromatic rings. The molecule has 1 aliphatic heterocycles. The number of carbonyl (C=O) groups is 2. The SMILES string of the molecule is COc1ccc(/C(O)=C2\C(=O)C(=O)N(CCCOC(C)C)C2c2cc(OC)c(OC)c(OC)c2)cc1C. The predicted octanol–water partition coefficient (Wildman–Crippen LogP) is 4.27. The maximum Gasteiger partial charge on any atom is 0.295 e. The second-order valence-corrected chi connectivity index (χ2v) is 8.91. The summed E-state index contributed by atoms with van der Waals surface area (Å²) in [4.78, 5) is 28.0. The number of aliphatic hydroxyl groups is 1. The summed E-state index contributed by atoms with van der Waals surface area (Å²) in [6.45, 7) is 6.36. The third-order valence-electron chi connectivity index (χ3n) is 6.21. The van der Waals surface area contributed by atoms with Gasteiger partial charge in [-0.25, -0.2) is 0 Å². The van der Waals surface area contributed by atoms with Gasteiger partial charge in [0.25, 0.3) is 11.7 Å². The molecule has 37 heavy (non-hydrogen) atoms. The number of nitrogens with zero attached hydrogens (tertiary/aromatic N) is 1. The Hall–Kier alpha value is -3.72. The van der Waals surface area contributed by atoms with Crippen molar-refractivity contribution in [1.29, 1.82) is 0 Å². The summed E-state index contributed by atoms with van der Waals surface area (Å²) in [5.74, 6) is 0.00950. The Morgan fingerprint density at radius 3 is 2.08 bits per heavy atom. The summed E-state index contributed by atoms with van der Waals surface area (Å²) in [6, 6.07) is 7.55. The average Bonchev–Trinajstić information content (AvgIpc) is 3.14. The zero-order valence-electron chi connectivity index (χ0n) is 22.4. The van der Waals surface area contributed by atoms with E-state index in [1.807, 2.05) is 20.8 Å². The molecule has 1 N–H and O–H groups in total. The number of rotatable bonds is 11. The van der Waals surface area contributed by atoms with Crippen LogP contribution in [-0.4, -0.2) is 69.4 Å². The Balaban J connectivity index is 2.19. The second kappa shape index (κ2) is 12.0. The van der Waals surface area contributed by atoms with Gasteiger partial charge in [0.1, 0.15) is 11.5 Å². The molecule has 200 valence electrons. The van der Waals surface area contributed by atoms with E-state index in [0.29, 0.717) is 47.2 Å². The van der Waals surface area contributed by atoms with E-state index in [2.05, 4.69) is 0 Å². The van der Waals surface area contributed by atoms with Gasteiger partial charge in [-0.1, -0.05) is 0 Å². The van der Waals surface area contributed by atoms with E-state index in [1.54, 1.807) is 37.4 Å². The number of ketones is 1. The van der Waals surface area contributed by atoms with Crippen molar-refractivity contribution in [1.82, 2.24) is 4.90 Å². The first kappa shape index (κ1) is 27.9. The van der Waals surface area contributed by atoms with E-state index in [4.69, 9.17) is 23.7 Å². The molecule has 1 aliphatic rings. The number of carbonyl (C=O) groups excluding carboxylic acids is 2. The summed E-state index contributed by atoms with van der Waals surface area (Å²) in [7, 11) is 6.02. The molecule has 1 atom stereocenters. The average molecular weight is 514 g/mol. The maximum atomic E-state index is 13.3. The smallest absolute Gasteiger partial charge is 0.295 e. The van der Waals surface area contributed by atoms with Crippen molar-refractivity contribution >= 4 is 17.4 Å². The molecule has 1 saturated heterocycles. The van der Waals surface area contributed by atoms with Gasteiger partial charge in [-0.05, 0) is 68.7 Å². The lowest BCUT2D eigenvalue weighted by atomic mass is 9.94. The van der Waals surface area contributed by atoms with E-state index in [9.17, 15) is 14.7 Å². The van der Waals surface area contributed by atoms with E-state index >= 15 is 0 Å². The molecule has 0 spiro atoms. The number of hydrogen-bond acceptors (Lipinski definition) is 8. The van der Waals surface area contributed by atoms with Gasteiger partial charge in [-0.3, -0.25) is 9.59 Å². The van der Waals surface area contributed by atoms with Crippen molar-refractivity contribution in [3.8, 4) is 23.0 Å². The number of methoxy groups -OCH3 is 4. The van der Waals surface area contributed by atoms with Crippen LogP contribution in [0.2, 0.25) is 0 Å². The van der Waals surface area contributed by atoms with Gasteiger partial charge in [0.2, 0.25) is 5.75 Å². The molecular formula is C28H35NO8. The molecule has 1 heterocycles. The van der Waals surface area contributed by atoms with E-state index in [-0.39, 0.29) is 24.0 Å². The van der Waals surface area contributed by atoms with Crippen LogP contribution in [0, 0.1) is 6.92 Å². The predicted molar refractivity (Wildman–Crippen MR) is 139 cm³/mol. The van der Waals surface area contributed by atoms with Gasteiger partial charge < -0.3 is 33.7 Å². The lowest BCUT2D eigenvalue weighted by Crippen LogP contribution is -2.31. The number of hydrogen-bond donors (Lipinski definition) is 1. The fourth-order valence-corrected chi connectivity index (χ4v) is 4.45. The van der Waals surface area contributed by atoms with E-state index in [1.165, 1.54) is 26.2 Å². The molecule has 0 radical (unpaired) electrons. The van der Waals surface area contributed by atoms with Gasteiger partial charge >= 0.3 is 0 Å². The topological polar surface area (TPSA) is 104 Å². The van der Waals surface area contributed by atoms with Crippen LogP contribution in [0.15, 0.2) is 35.9 Å². The van der Waals surface area contributed by atoms with Gasteiger partial charge in [0, 0.05) is 18.7 Å². The summed E-state index contributed by atoms with van der Waals surface area (Å²) in [6.07, 6.45) is 0.549. The Morgan fingerprint density at radius 2 is 1.57 bits per heavy atom. The van der Waals surface area contributed by atoms with Crippen molar-refractivity contribution in [2.45, 2.75) is 39.3 Å². The minimum atomic E-state index is -0.879. The van der Waals surface area contributed by atoms with Crippen molar-refractivity contribution < 1.29 is 38.4 Å². The Morgan fingerprint density at radius 1 is 0.946 bits per heavy atom. The number of amides is 1. The van der Waals surface area contributed by atoms with Crippen LogP contribution in [0.1, 0.15) is 43.0 Å². The van der Waals surface area contributed by atoms with Gasteiger partial charge in [-0.2, -0.15) is 0 Å². The van der Waals surface area contributed by atoms with Crippen LogP contribution in [0.3, 0.4) is 0 Å². The number of Topliss-reactive ketones (excluding diaryl/α,β-unsaturated/α-hetero) is 1. The molecule has 0 aliphatic carbocycles. The fourth-order valence-electron chi connectivity index (χ4n) is 4.45. The standard InChI is InChI=1S/C28H35NO8/c1-16(2)37-12-8-11-29-24(19-14-21(34-5)27(36-7)22(15-19)35-6)23(26(31)28(29)32)25(30)18-9-10-20(33-4)17(3)13-18/h9-10,13-16,24,30H,8,11-12H2,1-7H3/b25-23+. The largest absolute Gasteiger partial charge is 0.507 e. The monoisotopic (exact) mass is 513 g/mol. The molecule has 3 rings (SSSR count). The van der Waals surface area contributed by atoms with Crippen LogP contribution in [0.4, 0.5) is 0 Å². The lowest BCUT2D eigenvalue weighted by molar-refractivity contribution is -0.140. The third kappa shape index (κ3) is 5.67. The zero-order valence-corrected chi connectivity index (χ0v) is 22.4. The normalized spacial score (nSPS) is 16.9. The Bertz CT molecular complexity index is 1160. The van der Waals surface area contributed by atoms with Crippen LogP contribution in [0.25, 0.3) is 5.76 Å². The number of ether oxygens (including phenoxy) is 5.